The summed E-state index contributed by atoms with van der Waals surface area (Å²) in [6, 6.07) is -0.835. The van der Waals surface area contributed by atoms with E-state index in [9.17, 15) is 13.2 Å². The maximum Gasteiger partial charge on any atom is 0.391 e. The van der Waals surface area contributed by atoms with E-state index in [1.807, 2.05) is 0 Å². The minimum Gasteiger partial charge on any atom is -0.490 e. The average molecular weight is 250 g/mol. The number of aromatic nitrogens is 2. The van der Waals surface area contributed by atoms with Gasteiger partial charge in [-0.05, 0) is 6.92 Å². The maximum atomic E-state index is 12.1. The second kappa shape index (κ2) is 5.07. The molecule has 5 nitrogen and oxygen atoms in total. The Balaban J connectivity index is 2.78. The van der Waals surface area contributed by atoms with Crippen molar-refractivity contribution in [3.05, 3.63) is 6.33 Å². The standard InChI is InChI=1S/C9H13F3N4O/c1-5(3-9(10,11)12)16-8-6(17-2)7(13)14-4-15-8/h4-5H,3H2,1-2H3,(H3,13,14,15,16). The fourth-order valence-electron chi connectivity index (χ4n) is 1.32. The quantitative estimate of drug-likeness (QED) is 0.852. The van der Waals surface area contributed by atoms with Crippen molar-refractivity contribution in [2.24, 2.45) is 0 Å². The molecule has 8 heteroatoms. The summed E-state index contributed by atoms with van der Waals surface area (Å²) < 4.78 is 41.3. The van der Waals surface area contributed by atoms with Gasteiger partial charge < -0.3 is 15.8 Å². The van der Waals surface area contributed by atoms with Crippen LogP contribution in [0.25, 0.3) is 0 Å². The molecule has 1 rings (SSSR count). The van der Waals surface area contributed by atoms with Crippen molar-refractivity contribution in [2.45, 2.75) is 25.6 Å². The highest BCUT2D eigenvalue weighted by Gasteiger charge is 2.30. The third kappa shape index (κ3) is 3.97. The molecule has 0 amide bonds. The molecule has 1 aromatic heterocycles. The number of hydrogen-bond acceptors (Lipinski definition) is 5. The number of rotatable bonds is 4. The van der Waals surface area contributed by atoms with Crippen molar-refractivity contribution >= 4 is 11.6 Å². The SMILES string of the molecule is COc1c(N)ncnc1NC(C)CC(F)(F)F. The molecule has 3 N–H and O–H groups in total. The van der Waals surface area contributed by atoms with Gasteiger partial charge in [-0.1, -0.05) is 0 Å². The fraction of sp³-hybridized carbons (Fsp3) is 0.556. The van der Waals surface area contributed by atoms with Crippen LogP contribution in [-0.2, 0) is 0 Å². The molecule has 0 saturated carbocycles. The molecule has 1 aromatic rings. The lowest BCUT2D eigenvalue weighted by Gasteiger charge is -2.18. The Kier molecular flexibility index (Phi) is 3.97. The van der Waals surface area contributed by atoms with Crippen molar-refractivity contribution in [2.75, 3.05) is 18.2 Å². The van der Waals surface area contributed by atoms with E-state index in [2.05, 4.69) is 15.3 Å². The molecule has 1 atom stereocenters. The predicted octanol–water partition coefficient (Wildman–Crippen LogP) is 1.82. The second-order valence-electron chi connectivity index (χ2n) is 3.51. The summed E-state index contributed by atoms with van der Waals surface area (Å²) in [7, 11) is 1.34. The zero-order valence-corrected chi connectivity index (χ0v) is 9.38. The average Bonchev–Trinajstić information content (AvgIpc) is 2.14. The van der Waals surface area contributed by atoms with Crippen molar-refractivity contribution in [3.63, 3.8) is 0 Å². The largest absolute Gasteiger partial charge is 0.490 e. The first-order chi connectivity index (χ1) is 7.83. The third-order valence-corrected chi connectivity index (χ3v) is 1.96. The molecular weight excluding hydrogens is 237 g/mol. The van der Waals surface area contributed by atoms with Crippen LogP contribution in [0.15, 0.2) is 6.33 Å². The number of halogens is 3. The molecule has 0 aromatic carbocycles. The highest BCUT2D eigenvalue weighted by Crippen LogP contribution is 2.29. The smallest absolute Gasteiger partial charge is 0.391 e. The van der Waals surface area contributed by atoms with Gasteiger partial charge in [0.2, 0.25) is 5.75 Å². The molecular formula is C9H13F3N4O. The molecule has 1 unspecified atom stereocenters. The van der Waals surface area contributed by atoms with E-state index in [1.165, 1.54) is 14.0 Å². The molecule has 96 valence electrons. The Morgan fingerprint density at radius 2 is 2.12 bits per heavy atom. The number of nitrogens with two attached hydrogens (primary N) is 1. The Bertz CT molecular complexity index is 383. The van der Waals surface area contributed by atoms with Crippen LogP contribution >= 0.6 is 0 Å². The molecule has 0 fully saturated rings. The highest BCUT2D eigenvalue weighted by atomic mass is 19.4. The normalized spacial score (nSPS) is 13.2. The molecule has 0 bridgehead atoms. The minimum atomic E-state index is -4.24. The van der Waals surface area contributed by atoms with Gasteiger partial charge in [-0.25, -0.2) is 9.97 Å². The van der Waals surface area contributed by atoms with Gasteiger partial charge in [0.1, 0.15) is 6.33 Å². The van der Waals surface area contributed by atoms with Gasteiger partial charge in [-0.15, -0.1) is 0 Å². The van der Waals surface area contributed by atoms with Crippen molar-refractivity contribution < 1.29 is 17.9 Å². The second-order valence-corrected chi connectivity index (χ2v) is 3.51. The predicted molar refractivity (Wildman–Crippen MR) is 56.8 cm³/mol. The topological polar surface area (TPSA) is 73.1 Å². The van der Waals surface area contributed by atoms with Crippen LogP contribution in [0.1, 0.15) is 13.3 Å². The summed E-state index contributed by atoms with van der Waals surface area (Å²) in [5.74, 6) is 0.363. The number of nitrogen functional groups attached to an aromatic ring is 1. The van der Waals surface area contributed by atoms with Crippen LogP contribution in [0.3, 0.4) is 0 Å². The molecule has 17 heavy (non-hydrogen) atoms. The lowest BCUT2D eigenvalue weighted by atomic mass is 10.2. The lowest BCUT2D eigenvalue weighted by molar-refractivity contribution is -0.136. The van der Waals surface area contributed by atoms with E-state index in [0.717, 1.165) is 6.33 Å². The molecule has 0 aliphatic rings. The van der Waals surface area contributed by atoms with Gasteiger partial charge >= 0.3 is 6.18 Å². The molecule has 1 heterocycles. The van der Waals surface area contributed by atoms with Gasteiger partial charge in [-0.3, -0.25) is 0 Å². The number of ether oxygens (including phenoxy) is 1. The summed E-state index contributed by atoms with van der Waals surface area (Å²) >= 11 is 0. The van der Waals surface area contributed by atoms with Crippen LogP contribution in [0, 0.1) is 0 Å². The van der Waals surface area contributed by atoms with Crippen LogP contribution in [0.4, 0.5) is 24.8 Å². The van der Waals surface area contributed by atoms with Crippen molar-refractivity contribution in [3.8, 4) is 5.75 Å². The molecule has 0 spiro atoms. The van der Waals surface area contributed by atoms with Gasteiger partial charge in [0.05, 0.1) is 13.5 Å². The van der Waals surface area contributed by atoms with Crippen molar-refractivity contribution in [1.29, 1.82) is 0 Å². The van der Waals surface area contributed by atoms with Gasteiger partial charge in [-0.2, -0.15) is 13.2 Å². The van der Waals surface area contributed by atoms with E-state index >= 15 is 0 Å². The zero-order valence-electron chi connectivity index (χ0n) is 9.38. The van der Waals surface area contributed by atoms with Crippen LogP contribution in [-0.4, -0.2) is 29.3 Å². The van der Waals surface area contributed by atoms with Crippen LogP contribution in [0.2, 0.25) is 0 Å². The van der Waals surface area contributed by atoms with Crippen LogP contribution < -0.4 is 15.8 Å². The number of anilines is 2. The third-order valence-electron chi connectivity index (χ3n) is 1.96. The highest BCUT2D eigenvalue weighted by molar-refractivity contribution is 5.61. The molecule has 0 aliphatic heterocycles. The molecule has 0 saturated heterocycles. The van der Waals surface area contributed by atoms with E-state index in [-0.39, 0.29) is 17.4 Å². The summed E-state index contributed by atoms with van der Waals surface area (Å²) in [6.07, 6.45) is -4.06. The van der Waals surface area contributed by atoms with E-state index in [4.69, 9.17) is 10.5 Å². The number of nitrogens with zero attached hydrogens (tertiary/aromatic N) is 2. The molecule has 0 radical (unpaired) electrons. The number of methoxy groups -OCH3 is 1. The Hall–Kier alpha value is -1.73. The van der Waals surface area contributed by atoms with Crippen molar-refractivity contribution in [1.82, 2.24) is 9.97 Å². The summed E-state index contributed by atoms with van der Waals surface area (Å²) in [5.41, 5.74) is 5.50. The first kappa shape index (κ1) is 13.3. The molecule has 0 aliphatic carbocycles. The van der Waals surface area contributed by atoms with Gasteiger partial charge in [0.25, 0.3) is 0 Å². The van der Waals surface area contributed by atoms with Gasteiger partial charge in [0.15, 0.2) is 11.6 Å². The lowest BCUT2D eigenvalue weighted by Crippen LogP contribution is -2.24. The number of nitrogens with one attached hydrogen (secondary N) is 1. The first-order valence-electron chi connectivity index (χ1n) is 4.81. The monoisotopic (exact) mass is 250 g/mol. The zero-order chi connectivity index (χ0) is 13.1. The fourth-order valence-corrected chi connectivity index (χ4v) is 1.32. The van der Waals surface area contributed by atoms with Gasteiger partial charge in [0, 0.05) is 6.04 Å². The summed E-state index contributed by atoms with van der Waals surface area (Å²) in [6.45, 7) is 1.39. The Morgan fingerprint density at radius 3 is 2.65 bits per heavy atom. The number of hydrogen-bond donors (Lipinski definition) is 2. The van der Waals surface area contributed by atoms with E-state index < -0.39 is 18.6 Å². The van der Waals surface area contributed by atoms with E-state index in [0.29, 0.717) is 0 Å². The Labute approximate surface area is 96.2 Å². The summed E-state index contributed by atoms with van der Waals surface area (Å²) in [4.78, 5) is 7.46. The summed E-state index contributed by atoms with van der Waals surface area (Å²) in [5, 5.41) is 2.58. The first-order valence-corrected chi connectivity index (χ1v) is 4.81. The van der Waals surface area contributed by atoms with E-state index in [1.54, 1.807) is 0 Å². The number of alkyl halides is 3. The van der Waals surface area contributed by atoms with Crippen LogP contribution in [0.5, 0.6) is 5.75 Å². The minimum absolute atomic E-state index is 0.0733. The maximum absolute atomic E-state index is 12.1. The Morgan fingerprint density at radius 1 is 1.47 bits per heavy atom.